The van der Waals surface area contributed by atoms with Crippen molar-refractivity contribution in [1.29, 1.82) is 0 Å². The summed E-state index contributed by atoms with van der Waals surface area (Å²) in [7, 11) is 5.56. The molecule has 0 bridgehead atoms. The molecule has 7 nitrogen and oxygen atoms in total. The number of rotatable bonds is 8. The highest BCUT2D eigenvalue weighted by molar-refractivity contribution is 6.31. The molecule has 0 radical (unpaired) electrons. The van der Waals surface area contributed by atoms with Gasteiger partial charge in [-0.15, -0.1) is 0 Å². The van der Waals surface area contributed by atoms with Crippen molar-refractivity contribution in [2.75, 3.05) is 39.6 Å². The van der Waals surface area contributed by atoms with Gasteiger partial charge >= 0.3 is 0 Å². The predicted molar refractivity (Wildman–Crippen MR) is 104 cm³/mol. The number of carbonyl (C=O) groups excluding carboxylic acids is 1. The summed E-state index contributed by atoms with van der Waals surface area (Å²) < 4.78 is 5.34. The van der Waals surface area contributed by atoms with Gasteiger partial charge in [-0.3, -0.25) is 4.79 Å². The summed E-state index contributed by atoms with van der Waals surface area (Å²) in [4.78, 5) is 22.5. The number of carbonyl (C=O) groups is 1. The Morgan fingerprint density at radius 2 is 2.04 bits per heavy atom. The van der Waals surface area contributed by atoms with Crippen LogP contribution in [0.4, 0.5) is 11.5 Å². The fourth-order valence-electron chi connectivity index (χ4n) is 2.31. The van der Waals surface area contributed by atoms with Gasteiger partial charge in [-0.05, 0) is 45.6 Å². The molecule has 0 aliphatic heterocycles. The largest absolute Gasteiger partial charge is 0.495 e. The average molecular weight is 378 g/mol. The highest BCUT2D eigenvalue weighted by atomic mass is 35.5. The molecule has 26 heavy (non-hydrogen) atoms. The monoisotopic (exact) mass is 377 g/mol. The number of ether oxygens (including phenoxy) is 1. The van der Waals surface area contributed by atoms with Crippen molar-refractivity contribution in [3.63, 3.8) is 0 Å². The van der Waals surface area contributed by atoms with Gasteiger partial charge in [-0.25, -0.2) is 9.97 Å². The van der Waals surface area contributed by atoms with Crippen LogP contribution < -0.4 is 15.4 Å². The van der Waals surface area contributed by atoms with E-state index in [-0.39, 0.29) is 5.91 Å². The molecule has 0 saturated carbocycles. The van der Waals surface area contributed by atoms with Crippen LogP contribution in [0.3, 0.4) is 0 Å². The summed E-state index contributed by atoms with van der Waals surface area (Å²) in [5.41, 5.74) is 1.92. The zero-order valence-corrected chi connectivity index (χ0v) is 16.2. The number of hydrogen-bond donors (Lipinski definition) is 2. The van der Waals surface area contributed by atoms with E-state index < -0.39 is 0 Å². The SMILES string of the molecule is COc1cc(Cl)c(C)cc1Nc1cc(C(=O)NCCCN(C)C)ncn1. The number of methoxy groups -OCH3 is 1. The van der Waals surface area contributed by atoms with E-state index in [1.165, 1.54) is 6.33 Å². The van der Waals surface area contributed by atoms with Crippen molar-refractivity contribution < 1.29 is 9.53 Å². The molecule has 2 N–H and O–H groups in total. The smallest absolute Gasteiger partial charge is 0.270 e. The van der Waals surface area contributed by atoms with Gasteiger partial charge in [0.25, 0.3) is 5.91 Å². The summed E-state index contributed by atoms with van der Waals surface area (Å²) in [6.07, 6.45) is 2.22. The second kappa shape index (κ2) is 9.35. The number of aromatic nitrogens is 2. The zero-order valence-electron chi connectivity index (χ0n) is 15.5. The lowest BCUT2D eigenvalue weighted by Gasteiger charge is -2.13. The number of anilines is 2. The molecule has 0 aliphatic rings. The Balaban J connectivity index is 2.07. The molecule has 0 aliphatic carbocycles. The van der Waals surface area contributed by atoms with Crippen LogP contribution in [0.25, 0.3) is 0 Å². The second-order valence-electron chi connectivity index (χ2n) is 6.13. The zero-order chi connectivity index (χ0) is 19.1. The van der Waals surface area contributed by atoms with Gasteiger partial charge in [0.2, 0.25) is 0 Å². The normalized spacial score (nSPS) is 10.7. The molecule has 0 spiro atoms. The van der Waals surface area contributed by atoms with Crippen LogP contribution in [0.5, 0.6) is 5.75 Å². The Hall–Kier alpha value is -2.38. The molecular weight excluding hydrogens is 354 g/mol. The molecule has 8 heteroatoms. The van der Waals surface area contributed by atoms with E-state index in [1.807, 2.05) is 27.1 Å². The molecule has 1 aromatic heterocycles. The summed E-state index contributed by atoms with van der Waals surface area (Å²) in [5, 5.41) is 6.62. The van der Waals surface area contributed by atoms with E-state index in [9.17, 15) is 4.79 Å². The quantitative estimate of drug-likeness (QED) is 0.688. The van der Waals surface area contributed by atoms with Gasteiger partial charge in [0, 0.05) is 23.7 Å². The number of nitrogens with one attached hydrogen (secondary N) is 2. The number of amides is 1. The van der Waals surface area contributed by atoms with Crippen molar-refractivity contribution in [1.82, 2.24) is 20.2 Å². The Morgan fingerprint density at radius 3 is 2.73 bits per heavy atom. The third kappa shape index (κ3) is 5.57. The maximum atomic E-state index is 12.2. The van der Waals surface area contributed by atoms with Crippen LogP contribution in [-0.2, 0) is 0 Å². The van der Waals surface area contributed by atoms with Crippen molar-refractivity contribution in [3.8, 4) is 5.75 Å². The molecule has 0 fully saturated rings. The Bertz CT molecular complexity index is 767. The van der Waals surface area contributed by atoms with E-state index in [0.29, 0.717) is 34.5 Å². The van der Waals surface area contributed by atoms with Gasteiger partial charge in [0.05, 0.1) is 12.8 Å². The van der Waals surface area contributed by atoms with Crippen molar-refractivity contribution in [3.05, 3.63) is 40.8 Å². The third-order valence-electron chi connectivity index (χ3n) is 3.71. The second-order valence-corrected chi connectivity index (χ2v) is 6.54. The van der Waals surface area contributed by atoms with Gasteiger partial charge in [0.15, 0.2) is 0 Å². The molecule has 1 amide bonds. The van der Waals surface area contributed by atoms with Gasteiger partial charge in [-0.2, -0.15) is 0 Å². The van der Waals surface area contributed by atoms with Crippen molar-refractivity contribution in [2.24, 2.45) is 0 Å². The topological polar surface area (TPSA) is 79.4 Å². The minimum Gasteiger partial charge on any atom is -0.495 e. The maximum absolute atomic E-state index is 12.2. The van der Waals surface area contributed by atoms with Gasteiger partial charge < -0.3 is 20.3 Å². The third-order valence-corrected chi connectivity index (χ3v) is 4.12. The van der Waals surface area contributed by atoms with E-state index in [1.54, 1.807) is 19.2 Å². The lowest BCUT2D eigenvalue weighted by atomic mass is 10.2. The molecule has 0 saturated heterocycles. The standard InChI is InChI=1S/C18H24ClN5O2/c1-12-8-14(16(26-4)9-13(12)19)23-17-10-15(21-11-22-17)18(25)20-6-5-7-24(2)3/h8-11H,5-7H2,1-4H3,(H,20,25)(H,21,22,23). The molecule has 0 atom stereocenters. The lowest BCUT2D eigenvalue weighted by Crippen LogP contribution is -2.27. The van der Waals surface area contributed by atoms with Crippen molar-refractivity contribution >= 4 is 29.0 Å². The predicted octanol–water partition coefficient (Wildman–Crippen LogP) is 2.87. The Kier molecular flexibility index (Phi) is 7.17. The molecule has 2 aromatic rings. The summed E-state index contributed by atoms with van der Waals surface area (Å²) >= 11 is 6.12. The van der Waals surface area contributed by atoms with Crippen LogP contribution in [0.1, 0.15) is 22.5 Å². The summed E-state index contributed by atoms with van der Waals surface area (Å²) in [5.74, 6) is 0.862. The number of halogens is 1. The minimum absolute atomic E-state index is 0.228. The first-order chi connectivity index (χ1) is 12.4. The number of nitrogens with zero attached hydrogens (tertiary/aromatic N) is 3. The first-order valence-electron chi connectivity index (χ1n) is 8.27. The molecule has 0 unspecified atom stereocenters. The number of aryl methyl sites for hydroxylation is 1. The lowest BCUT2D eigenvalue weighted by molar-refractivity contribution is 0.0947. The minimum atomic E-state index is -0.228. The van der Waals surface area contributed by atoms with E-state index >= 15 is 0 Å². The van der Waals surface area contributed by atoms with Crippen molar-refractivity contribution in [2.45, 2.75) is 13.3 Å². The van der Waals surface area contributed by atoms with E-state index in [2.05, 4.69) is 25.5 Å². The molecule has 1 aromatic carbocycles. The van der Waals surface area contributed by atoms with Crippen LogP contribution in [0.15, 0.2) is 24.5 Å². The van der Waals surface area contributed by atoms with Gasteiger partial charge in [-0.1, -0.05) is 11.6 Å². The van der Waals surface area contributed by atoms with E-state index in [0.717, 1.165) is 18.5 Å². The maximum Gasteiger partial charge on any atom is 0.270 e. The fraction of sp³-hybridized carbons (Fsp3) is 0.389. The highest BCUT2D eigenvalue weighted by Crippen LogP contribution is 2.32. The van der Waals surface area contributed by atoms with Crippen LogP contribution in [0.2, 0.25) is 5.02 Å². The molecule has 1 heterocycles. The number of hydrogen-bond acceptors (Lipinski definition) is 6. The summed E-state index contributed by atoms with van der Waals surface area (Å²) in [6.45, 7) is 3.40. The van der Waals surface area contributed by atoms with Gasteiger partial charge in [0.1, 0.15) is 23.6 Å². The average Bonchev–Trinajstić information content (AvgIpc) is 2.61. The fourth-order valence-corrected chi connectivity index (χ4v) is 2.46. The van der Waals surface area contributed by atoms with Crippen LogP contribution >= 0.6 is 11.6 Å². The Morgan fingerprint density at radius 1 is 1.27 bits per heavy atom. The van der Waals surface area contributed by atoms with E-state index in [4.69, 9.17) is 16.3 Å². The molecule has 140 valence electrons. The summed E-state index contributed by atoms with van der Waals surface area (Å²) in [6, 6.07) is 5.20. The first kappa shape index (κ1) is 19.9. The van der Waals surface area contributed by atoms with Crippen LogP contribution in [0, 0.1) is 6.92 Å². The van der Waals surface area contributed by atoms with Crippen LogP contribution in [-0.4, -0.2) is 55.1 Å². The highest BCUT2D eigenvalue weighted by Gasteiger charge is 2.11. The number of benzene rings is 1. The first-order valence-corrected chi connectivity index (χ1v) is 8.64. The molecular formula is C18H24ClN5O2. The molecule has 2 rings (SSSR count). The Labute approximate surface area is 158 Å².